The van der Waals surface area contributed by atoms with Crippen molar-refractivity contribution in [1.82, 2.24) is 5.32 Å². The average molecular weight is 349 g/mol. The van der Waals surface area contributed by atoms with Crippen LogP contribution in [0.3, 0.4) is 0 Å². The third-order valence-electron chi connectivity index (χ3n) is 2.33. The van der Waals surface area contributed by atoms with Crippen molar-refractivity contribution in [3.63, 3.8) is 0 Å². The summed E-state index contributed by atoms with van der Waals surface area (Å²) in [7, 11) is 0. The van der Waals surface area contributed by atoms with Crippen molar-refractivity contribution in [2.75, 3.05) is 32.9 Å². The molecular formula is C14H19BrClNO2. The summed E-state index contributed by atoms with van der Waals surface area (Å²) in [5.74, 6) is 0.667. The molecule has 0 aliphatic heterocycles. The summed E-state index contributed by atoms with van der Waals surface area (Å²) in [5.41, 5.74) is 1.09. The quantitative estimate of drug-likeness (QED) is 0.546. The van der Waals surface area contributed by atoms with E-state index in [-0.39, 0.29) is 0 Å². The molecule has 19 heavy (non-hydrogen) atoms. The molecule has 1 aromatic carbocycles. The van der Waals surface area contributed by atoms with Crippen LogP contribution in [0.15, 0.2) is 29.3 Å². The first-order valence-corrected chi connectivity index (χ1v) is 7.30. The van der Waals surface area contributed by atoms with Crippen LogP contribution in [0.2, 0.25) is 5.02 Å². The van der Waals surface area contributed by atoms with E-state index in [9.17, 15) is 0 Å². The molecule has 0 aliphatic rings. The molecule has 1 N–H and O–H groups in total. The molecule has 0 aliphatic carbocycles. The summed E-state index contributed by atoms with van der Waals surface area (Å²) >= 11 is 9.56. The summed E-state index contributed by atoms with van der Waals surface area (Å²) in [4.78, 5) is 0. The van der Waals surface area contributed by atoms with Crippen LogP contribution < -0.4 is 10.1 Å². The number of hydrogen-bond donors (Lipinski definition) is 1. The Hall–Kier alpha value is -0.550. The molecule has 0 atom stereocenters. The van der Waals surface area contributed by atoms with E-state index in [0.717, 1.165) is 23.1 Å². The molecule has 0 saturated carbocycles. The van der Waals surface area contributed by atoms with Crippen LogP contribution in [0.4, 0.5) is 0 Å². The Bertz CT molecular complexity index is 389. The second-order valence-corrected chi connectivity index (χ2v) is 5.27. The van der Waals surface area contributed by atoms with Gasteiger partial charge in [-0.2, -0.15) is 0 Å². The fourth-order valence-corrected chi connectivity index (χ4v) is 2.61. The van der Waals surface area contributed by atoms with Gasteiger partial charge in [-0.25, -0.2) is 0 Å². The van der Waals surface area contributed by atoms with Crippen molar-refractivity contribution in [1.29, 1.82) is 0 Å². The Kier molecular flexibility index (Phi) is 8.14. The number of ether oxygens (including phenoxy) is 2. The molecule has 106 valence electrons. The molecule has 0 bridgehead atoms. The monoisotopic (exact) mass is 347 g/mol. The molecule has 3 nitrogen and oxygen atoms in total. The molecule has 1 rings (SSSR count). The molecular weight excluding hydrogens is 330 g/mol. The Morgan fingerprint density at radius 3 is 2.84 bits per heavy atom. The lowest BCUT2D eigenvalue weighted by Gasteiger charge is -2.11. The highest BCUT2D eigenvalue weighted by atomic mass is 79.9. The van der Waals surface area contributed by atoms with Gasteiger partial charge >= 0.3 is 0 Å². The third kappa shape index (κ3) is 6.43. The van der Waals surface area contributed by atoms with Crippen molar-refractivity contribution in [3.05, 3.63) is 39.8 Å². The van der Waals surface area contributed by atoms with Crippen LogP contribution >= 0.6 is 27.5 Å². The fraction of sp³-hybridized carbons (Fsp3) is 0.429. The van der Waals surface area contributed by atoms with Gasteiger partial charge < -0.3 is 14.8 Å². The summed E-state index contributed by atoms with van der Waals surface area (Å²) in [6.07, 6.45) is 1.82. The minimum Gasteiger partial charge on any atom is -0.488 e. The van der Waals surface area contributed by atoms with Crippen LogP contribution in [0.25, 0.3) is 0 Å². The maximum atomic E-state index is 6.12. The summed E-state index contributed by atoms with van der Waals surface area (Å²) in [6.45, 7) is 8.88. The number of rotatable bonds is 9. The van der Waals surface area contributed by atoms with E-state index in [4.69, 9.17) is 21.1 Å². The van der Waals surface area contributed by atoms with Crippen molar-refractivity contribution in [2.24, 2.45) is 0 Å². The van der Waals surface area contributed by atoms with Crippen LogP contribution in [0.1, 0.15) is 5.56 Å². The van der Waals surface area contributed by atoms with E-state index in [2.05, 4.69) is 27.8 Å². The smallest absolute Gasteiger partial charge is 0.152 e. The summed E-state index contributed by atoms with van der Waals surface area (Å²) in [5, 5.41) is 3.77. The van der Waals surface area contributed by atoms with Crippen LogP contribution in [0, 0.1) is 6.92 Å². The second kappa shape index (κ2) is 9.37. The van der Waals surface area contributed by atoms with E-state index in [1.807, 2.05) is 25.1 Å². The lowest BCUT2D eigenvalue weighted by atomic mass is 10.2. The second-order valence-electron chi connectivity index (χ2n) is 4.01. The summed E-state index contributed by atoms with van der Waals surface area (Å²) < 4.78 is 11.9. The number of halogens is 2. The van der Waals surface area contributed by atoms with Crippen LogP contribution in [0.5, 0.6) is 5.75 Å². The molecule has 0 saturated heterocycles. The highest BCUT2D eigenvalue weighted by Crippen LogP contribution is 2.34. The summed E-state index contributed by atoms with van der Waals surface area (Å²) in [6, 6.07) is 3.85. The van der Waals surface area contributed by atoms with Gasteiger partial charge in [0.25, 0.3) is 0 Å². The first-order valence-electron chi connectivity index (χ1n) is 6.13. The SMILES string of the molecule is C=CCNCCOCCOc1c(Cl)cc(C)cc1Br. The zero-order chi connectivity index (χ0) is 14.1. The molecule has 0 heterocycles. The minimum absolute atomic E-state index is 0.475. The zero-order valence-electron chi connectivity index (χ0n) is 11.0. The Labute approximate surface area is 128 Å². The molecule has 0 radical (unpaired) electrons. The van der Waals surface area contributed by atoms with Gasteiger partial charge in [0, 0.05) is 13.1 Å². The molecule has 0 amide bonds. The third-order valence-corrected chi connectivity index (χ3v) is 3.20. The van der Waals surface area contributed by atoms with Crippen LogP contribution in [-0.2, 0) is 4.74 Å². The molecule has 0 spiro atoms. The van der Waals surface area contributed by atoms with Gasteiger partial charge in [-0.05, 0) is 40.5 Å². The normalized spacial score (nSPS) is 10.5. The Balaban J connectivity index is 2.21. The maximum Gasteiger partial charge on any atom is 0.152 e. The Morgan fingerprint density at radius 1 is 1.37 bits per heavy atom. The zero-order valence-corrected chi connectivity index (χ0v) is 13.4. The number of nitrogens with one attached hydrogen (secondary N) is 1. The van der Waals surface area contributed by atoms with Gasteiger partial charge in [-0.3, -0.25) is 0 Å². The minimum atomic E-state index is 0.475. The van der Waals surface area contributed by atoms with E-state index < -0.39 is 0 Å². The largest absolute Gasteiger partial charge is 0.488 e. The van der Waals surface area contributed by atoms with Gasteiger partial charge in [0.05, 0.1) is 22.7 Å². The first-order chi connectivity index (χ1) is 9.15. The molecule has 0 aromatic heterocycles. The predicted octanol–water partition coefficient (Wildman–Crippen LogP) is 3.58. The average Bonchev–Trinajstić information content (AvgIpc) is 2.35. The van der Waals surface area contributed by atoms with Crippen LogP contribution in [-0.4, -0.2) is 32.9 Å². The van der Waals surface area contributed by atoms with Gasteiger partial charge in [0.15, 0.2) is 5.75 Å². The van der Waals surface area contributed by atoms with Gasteiger partial charge in [-0.1, -0.05) is 17.7 Å². The highest BCUT2D eigenvalue weighted by Gasteiger charge is 2.07. The van der Waals surface area contributed by atoms with Crippen molar-refractivity contribution < 1.29 is 9.47 Å². The number of benzene rings is 1. The van der Waals surface area contributed by atoms with E-state index in [1.165, 1.54) is 0 Å². The standard InChI is InChI=1S/C14H19BrClNO2/c1-3-4-17-5-6-18-7-8-19-14-12(15)9-11(2)10-13(14)16/h3,9-10,17H,1,4-8H2,2H3. The molecule has 0 fully saturated rings. The molecule has 5 heteroatoms. The van der Waals surface area contributed by atoms with E-state index in [1.54, 1.807) is 0 Å². The van der Waals surface area contributed by atoms with E-state index in [0.29, 0.717) is 30.6 Å². The van der Waals surface area contributed by atoms with Gasteiger partial charge in [-0.15, -0.1) is 6.58 Å². The van der Waals surface area contributed by atoms with Crippen molar-refractivity contribution in [3.8, 4) is 5.75 Å². The topological polar surface area (TPSA) is 30.5 Å². The maximum absolute atomic E-state index is 6.12. The van der Waals surface area contributed by atoms with Gasteiger partial charge in [0.2, 0.25) is 0 Å². The van der Waals surface area contributed by atoms with Gasteiger partial charge in [0.1, 0.15) is 6.61 Å². The van der Waals surface area contributed by atoms with Crippen molar-refractivity contribution >= 4 is 27.5 Å². The number of hydrogen-bond acceptors (Lipinski definition) is 3. The molecule has 1 aromatic rings. The highest BCUT2D eigenvalue weighted by molar-refractivity contribution is 9.10. The lowest BCUT2D eigenvalue weighted by Crippen LogP contribution is -2.20. The lowest BCUT2D eigenvalue weighted by molar-refractivity contribution is 0.102. The first kappa shape index (κ1) is 16.5. The Morgan fingerprint density at radius 2 is 2.16 bits per heavy atom. The molecule has 0 unspecified atom stereocenters. The van der Waals surface area contributed by atoms with Crippen molar-refractivity contribution in [2.45, 2.75) is 6.92 Å². The number of aryl methyl sites for hydroxylation is 1. The van der Waals surface area contributed by atoms with E-state index >= 15 is 0 Å². The predicted molar refractivity (Wildman–Crippen MR) is 83.3 cm³/mol. The fourth-order valence-electron chi connectivity index (χ4n) is 1.48.